The van der Waals surface area contributed by atoms with Crippen molar-refractivity contribution in [2.45, 2.75) is 133 Å². The lowest BCUT2D eigenvalue weighted by molar-refractivity contribution is -0.224. The first-order valence-electron chi connectivity index (χ1n) is 18.7. The summed E-state index contributed by atoms with van der Waals surface area (Å²) in [5, 5.41) is 26.6. The summed E-state index contributed by atoms with van der Waals surface area (Å²) < 4.78 is 19.8. The Balaban J connectivity index is 1.52. The molecule has 1 aromatic carbocycles. The Morgan fingerprint density at radius 2 is 1.77 bits per heavy atom. The normalized spacial score (nSPS) is 28.6. The van der Waals surface area contributed by atoms with Gasteiger partial charge in [-0.25, -0.2) is 0 Å². The number of carbonyl (C=O) groups excluding carboxylic acids is 4. The molecule has 14 nitrogen and oxygen atoms in total. The molecule has 8 atom stereocenters. The van der Waals surface area contributed by atoms with Crippen LogP contribution >= 0.6 is 0 Å². The van der Waals surface area contributed by atoms with Crippen molar-refractivity contribution in [1.29, 1.82) is 0 Å². The molecule has 1 saturated carbocycles. The Kier molecular flexibility index (Phi) is 13.1. The number of unbranched alkanes of at least 4 members (excludes halogenated alkanes) is 4. The van der Waals surface area contributed by atoms with Gasteiger partial charge in [0, 0.05) is 46.0 Å². The molecule has 288 valence electrons. The van der Waals surface area contributed by atoms with E-state index in [4.69, 9.17) is 19.0 Å². The second-order valence-corrected chi connectivity index (χ2v) is 14.7. The van der Waals surface area contributed by atoms with Crippen molar-refractivity contribution in [2.75, 3.05) is 27.2 Å². The van der Waals surface area contributed by atoms with Gasteiger partial charge in [0.2, 0.25) is 17.7 Å². The molecule has 0 radical (unpaired) electrons. The molecule has 0 unspecified atom stereocenters. The lowest BCUT2D eigenvalue weighted by atomic mass is 9.62. The lowest BCUT2D eigenvalue weighted by Gasteiger charge is -2.49. The zero-order valence-electron chi connectivity index (χ0n) is 31.0. The van der Waals surface area contributed by atoms with Crippen LogP contribution in [0.25, 0.3) is 6.08 Å². The van der Waals surface area contributed by atoms with Crippen LogP contribution in [-0.2, 0) is 44.8 Å². The minimum absolute atomic E-state index is 0.0567. The maximum atomic E-state index is 14.8. The number of amides is 3. The van der Waals surface area contributed by atoms with Gasteiger partial charge in [-0.1, -0.05) is 63.8 Å². The van der Waals surface area contributed by atoms with Gasteiger partial charge in [-0.3, -0.25) is 24.0 Å². The van der Waals surface area contributed by atoms with Gasteiger partial charge >= 0.3 is 5.97 Å². The topological polar surface area (TPSA) is 176 Å². The van der Waals surface area contributed by atoms with Gasteiger partial charge < -0.3 is 40.0 Å². The number of carbonyl (C=O) groups is 4. The van der Waals surface area contributed by atoms with E-state index in [9.17, 15) is 29.4 Å². The summed E-state index contributed by atoms with van der Waals surface area (Å²) >= 11 is 0. The maximum absolute atomic E-state index is 14.8. The van der Waals surface area contributed by atoms with E-state index in [0.717, 1.165) is 49.7 Å². The van der Waals surface area contributed by atoms with Gasteiger partial charge in [-0.15, -0.1) is 0 Å². The third-order valence-electron chi connectivity index (χ3n) is 10.6. The van der Waals surface area contributed by atoms with Crippen LogP contribution in [0, 0.1) is 5.41 Å². The van der Waals surface area contributed by atoms with E-state index in [1.165, 1.54) is 23.0 Å². The van der Waals surface area contributed by atoms with Gasteiger partial charge in [-0.2, -0.15) is 5.06 Å². The van der Waals surface area contributed by atoms with E-state index in [0.29, 0.717) is 12.8 Å². The number of hydrogen-bond donors (Lipinski definition) is 4. The summed E-state index contributed by atoms with van der Waals surface area (Å²) in [5.41, 5.74) is -0.0521. The number of aliphatic hydroxyl groups excluding tert-OH is 2. The summed E-state index contributed by atoms with van der Waals surface area (Å²) in [5.74, 6) is -3.08. The second-order valence-electron chi connectivity index (χ2n) is 14.7. The number of aliphatic hydroxyl groups is 2. The number of rotatable bonds is 18. The fraction of sp³-hybridized carbons (Fsp3) is 0.684. The fourth-order valence-electron chi connectivity index (χ4n) is 7.96. The Labute approximate surface area is 306 Å². The van der Waals surface area contributed by atoms with Crippen LogP contribution in [0.15, 0.2) is 30.3 Å². The Bertz CT molecular complexity index is 1460. The predicted octanol–water partition coefficient (Wildman–Crippen LogP) is 2.20. The summed E-state index contributed by atoms with van der Waals surface area (Å²) in [4.78, 5) is 62.3. The van der Waals surface area contributed by atoms with Crippen LogP contribution in [-0.4, -0.2) is 120 Å². The first-order valence-corrected chi connectivity index (χ1v) is 18.7. The average Bonchev–Trinajstić information content (AvgIpc) is 3.67. The van der Waals surface area contributed by atoms with E-state index in [1.54, 1.807) is 20.2 Å². The predicted molar refractivity (Wildman–Crippen MR) is 190 cm³/mol. The van der Waals surface area contributed by atoms with Crippen LogP contribution in [0.4, 0.5) is 0 Å². The van der Waals surface area contributed by atoms with Crippen LogP contribution in [0.3, 0.4) is 0 Å². The molecular formula is C38H56N4O10. The molecule has 3 saturated heterocycles. The molecule has 0 spiro atoms. The van der Waals surface area contributed by atoms with Crippen LogP contribution in [0.5, 0.6) is 0 Å². The number of likely N-dealkylation sites (N-methyl/N-ethyl adjacent to an activating group) is 1. The van der Waals surface area contributed by atoms with Gasteiger partial charge in [0.05, 0.1) is 19.3 Å². The number of hydroxylamine groups is 2. The molecular weight excluding hydrogens is 672 g/mol. The van der Waals surface area contributed by atoms with Crippen molar-refractivity contribution in [1.82, 2.24) is 20.6 Å². The zero-order chi connectivity index (χ0) is 37.6. The van der Waals surface area contributed by atoms with Crippen LogP contribution in [0.2, 0.25) is 0 Å². The molecule has 14 heteroatoms. The SMILES string of the molecule is CCCCCC1(CCCCC)O[C@@H]2[C@H](O1)[C@H]1ON(Cc3cccc(C=CC(=O)N(C)C)c3)[C@H]3C(=O)O[C@@H]2C[C@@]13C(=O)N[C@@H](C(=O)NCCO)[C@H](C)O. The van der Waals surface area contributed by atoms with Crippen molar-refractivity contribution in [2.24, 2.45) is 5.41 Å². The van der Waals surface area contributed by atoms with Crippen LogP contribution < -0.4 is 10.6 Å². The largest absolute Gasteiger partial charge is 0.458 e. The van der Waals surface area contributed by atoms with Gasteiger partial charge in [-0.05, 0) is 37.0 Å². The number of hydrogen-bond acceptors (Lipinski definition) is 11. The molecule has 0 aromatic heterocycles. The highest BCUT2D eigenvalue weighted by Crippen LogP contribution is 2.58. The number of fused-ring (bicyclic) bond motifs is 4. The number of nitrogens with one attached hydrogen (secondary N) is 2. The lowest BCUT2D eigenvalue weighted by Crippen LogP contribution is -2.71. The highest BCUT2D eigenvalue weighted by atomic mass is 16.8. The number of esters is 1. The van der Waals surface area contributed by atoms with E-state index < -0.39 is 71.6 Å². The Morgan fingerprint density at radius 1 is 1.08 bits per heavy atom. The highest BCUT2D eigenvalue weighted by Gasteiger charge is 2.76. The third kappa shape index (κ3) is 8.22. The Hall–Kier alpha value is -3.40. The smallest absolute Gasteiger partial charge is 0.327 e. The summed E-state index contributed by atoms with van der Waals surface area (Å²) in [7, 11) is 3.34. The van der Waals surface area contributed by atoms with Gasteiger partial charge in [0.25, 0.3) is 0 Å². The molecule has 4 fully saturated rings. The highest BCUT2D eigenvalue weighted by molar-refractivity contribution is 5.96. The summed E-state index contributed by atoms with van der Waals surface area (Å²) in [6.45, 7) is 5.35. The molecule has 2 bridgehead atoms. The van der Waals surface area contributed by atoms with E-state index >= 15 is 0 Å². The zero-order valence-corrected chi connectivity index (χ0v) is 31.0. The van der Waals surface area contributed by atoms with E-state index in [1.807, 2.05) is 24.3 Å². The molecule has 52 heavy (non-hydrogen) atoms. The average molecular weight is 729 g/mol. The number of benzene rings is 1. The van der Waals surface area contributed by atoms with Crippen molar-refractivity contribution < 1.29 is 48.4 Å². The molecule has 1 aromatic rings. The van der Waals surface area contributed by atoms with Crippen molar-refractivity contribution in [3.8, 4) is 0 Å². The van der Waals surface area contributed by atoms with Gasteiger partial charge in [0.1, 0.15) is 35.9 Å². The van der Waals surface area contributed by atoms with Crippen molar-refractivity contribution in [3.05, 3.63) is 41.5 Å². The van der Waals surface area contributed by atoms with Gasteiger partial charge in [0.15, 0.2) is 11.8 Å². The molecule has 5 rings (SSSR count). The maximum Gasteiger partial charge on any atom is 0.327 e. The van der Waals surface area contributed by atoms with Crippen LogP contribution in [0.1, 0.15) is 89.7 Å². The molecule has 1 aliphatic carbocycles. The monoisotopic (exact) mass is 728 g/mol. The summed E-state index contributed by atoms with van der Waals surface area (Å²) in [6.07, 6.45) is 5.76. The fourth-order valence-corrected chi connectivity index (χ4v) is 7.96. The third-order valence-corrected chi connectivity index (χ3v) is 10.6. The first-order chi connectivity index (χ1) is 24.9. The molecule has 4 aliphatic rings. The minimum atomic E-state index is -1.56. The van der Waals surface area contributed by atoms with Crippen molar-refractivity contribution >= 4 is 29.8 Å². The number of ether oxygens (including phenoxy) is 3. The number of nitrogens with zero attached hydrogens (tertiary/aromatic N) is 2. The molecule has 3 amide bonds. The Morgan fingerprint density at radius 3 is 2.40 bits per heavy atom. The standard InChI is InChI=1S/C38H56N4O10/c1-6-8-10-17-37(18-11-9-7-2)50-30-27-22-38(36(48)40-29(24(3)44)34(46)39-19-20-43)32(35(47)49-27)42(52-33(38)31(30)51-37)23-26-14-12-13-25(21-26)15-16-28(45)41(4)5/h12-16,21,24,27,29-33,43-44H,6-11,17-20,22-23H2,1-5H3,(H,39,46)(H,40,48)/t24-,27+,29+,30-,31-,32-,33+,38-/m0/s1. The summed E-state index contributed by atoms with van der Waals surface area (Å²) in [6, 6.07) is 4.84. The molecule has 3 heterocycles. The molecule has 3 aliphatic heterocycles. The van der Waals surface area contributed by atoms with E-state index in [-0.39, 0.29) is 32.0 Å². The van der Waals surface area contributed by atoms with Crippen molar-refractivity contribution in [3.63, 3.8) is 0 Å². The molecule has 4 N–H and O–H groups in total. The quantitative estimate of drug-likeness (QED) is 0.0991. The van der Waals surface area contributed by atoms with E-state index in [2.05, 4.69) is 24.5 Å². The minimum Gasteiger partial charge on any atom is -0.458 e. The first kappa shape index (κ1) is 39.8. The second kappa shape index (κ2) is 17.2.